The van der Waals surface area contributed by atoms with Crippen molar-refractivity contribution < 1.29 is 17.7 Å². The van der Waals surface area contributed by atoms with E-state index >= 15 is 0 Å². The van der Waals surface area contributed by atoms with Crippen LogP contribution in [-0.4, -0.2) is 34.4 Å². The summed E-state index contributed by atoms with van der Waals surface area (Å²) in [6, 6.07) is 3.23. The topological polar surface area (TPSA) is 63.8 Å². The molecule has 1 N–H and O–H groups in total. The van der Waals surface area contributed by atoms with Gasteiger partial charge in [0, 0.05) is 24.5 Å². The SMILES string of the molecule is FC(F)(F)C1(c2nc(-c3ccncc3)no2)CCNC1. The summed E-state index contributed by atoms with van der Waals surface area (Å²) in [5.41, 5.74) is -1.52. The second-order valence-corrected chi connectivity index (χ2v) is 4.67. The summed E-state index contributed by atoms with van der Waals surface area (Å²) in [5.74, 6) is -0.250. The summed E-state index contributed by atoms with van der Waals surface area (Å²) in [6.45, 7) is 0.0287. The molecule has 106 valence electrons. The normalized spacial score (nSPS) is 23.1. The van der Waals surface area contributed by atoms with Gasteiger partial charge in [-0.05, 0) is 25.1 Å². The van der Waals surface area contributed by atoms with Gasteiger partial charge in [-0.15, -0.1) is 0 Å². The molecule has 1 aliphatic heterocycles. The molecule has 3 heterocycles. The minimum Gasteiger partial charge on any atom is -0.338 e. The molecule has 0 bridgehead atoms. The number of aromatic nitrogens is 3. The van der Waals surface area contributed by atoms with Crippen LogP contribution in [0.2, 0.25) is 0 Å². The molecule has 1 saturated heterocycles. The molecule has 20 heavy (non-hydrogen) atoms. The minimum absolute atomic E-state index is 0.103. The van der Waals surface area contributed by atoms with Gasteiger partial charge in [0.05, 0.1) is 0 Å². The average Bonchev–Trinajstić information content (AvgIpc) is 3.09. The Balaban J connectivity index is 2.01. The number of hydrogen-bond donors (Lipinski definition) is 1. The second kappa shape index (κ2) is 4.55. The van der Waals surface area contributed by atoms with Crippen LogP contribution in [0, 0.1) is 0 Å². The van der Waals surface area contributed by atoms with Crippen LogP contribution in [0.5, 0.6) is 0 Å². The fourth-order valence-electron chi connectivity index (χ4n) is 2.27. The average molecular weight is 284 g/mol. The van der Waals surface area contributed by atoms with Crippen molar-refractivity contribution in [2.24, 2.45) is 0 Å². The Kier molecular flexibility index (Phi) is 2.97. The molecular weight excluding hydrogens is 273 g/mol. The highest BCUT2D eigenvalue weighted by atomic mass is 19.4. The van der Waals surface area contributed by atoms with Crippen LogP contribution in [-0.2, 0) is 5.41 Å². The highest BCUT2D eigenvalue weighted by molar-refractivity contribution is 5.52. The van der Waals surface area contributed by atoms with Crippen molar-refractivity contribution in [1.29, 1.82) is 0 Å². The summed E-state index contributed by atoms with van der Waals surface area (Å²) in [6.07, 6.45) is -1.50. The summed E-state index contributed by atoms with van der Waals surface area (Å²) in [7, 11) is 0. The Bertz CT molecular complexity index is 590. The van der Waals surface area contributed by atoms with Crippen molar-refractivity contribution in [1.82, 2.24) is 20.4 Å². The van der Waals surface area contributed by atoms with Crippen molar-refractivity contribution in [3.8, 4) is 11.4 Å². The lowest BCUT2D eigenvalue weighted by Crippen LogP contribution is -2.44. The lowest BCUT2D eigenvalue weighted by atomic mass is 9.86. The summed E-state index contributed by atoms with van der Waals surface area (Å²) in [5, 5.41) is 6.36. The molecule has 0 saturated carbocycles. The predicted molar refractivity (Wildman–Crippen MR) is 62.7 cm³/mol. The van der Waals surface area contributed by atoms with Gasteiger partial charge in [0.2, 0.25) is 11.7 Å². The molecule has 2 aromatic rings. The van der Waals surface area contributed by atoms with E-state index in [4.69, 9.17) is 4.52 Å². The zero-order chi connectivity index (χ0) is 14.2. The minimum atomic E-state index is -4.43. The number of rotatable bonds is 2. The van der Waals surface area contributed by atoms with Crippen LogP contribution >= 0.6 is 0 Å². The molecule has 1 atom stereocenters. The number of nitrogens with one attached hydrogen (secondary N) is 1. The quantitative estimate of drug-likeness (QED) is 0.912. The zero-order valence-corrected chi connectivity index (χ0v) is 10.3. The molecule has 2 aromatic heterocycles. The molecule has 0 aliphatic carbocycles. The van der Waals surface area contributed by atoms with Crippen LogP contribution < -0.4 is 5.32 Å². The van der Waals surface area contributed by atoms with Gasteiger partial charge < -0.3 is 9.84 Å². The Morgan fingerprint density at radius 1 is 1.25 bits per heavy atom. The highest BCUT2D eigenvalue weighted by Gasteiger charge is 2.61. The van der Waals surface area contributed by atoms with E-state index in [-0.39, 0.29) is 31.2 Å². The third-order valence-corrected chi connectivity index (χ3v) is 3.47. The number of alkyl halides is 3. The van der Waals surface area contributed by atoms with Crippen LogP contribution in [0.3, 0.4) is 0 Å². The molecule has 1 unspecified atom stereocenters. The molecule has 8 heteroatoms. The van der Waals surface area contributed by atoms with Gasteiger partial charge >= 0.3 is 6.18 Å². The number of nitrogens with zero attached hydrogens (tertiary/aromatic N) is 3. The van der Waals surface area contributed by atoms with Crippen molar-refractivity contribution >= 4 is 0 Å². The first kappa shape index (κ1) is 13.0. The summed E-state index contributed by atoms with van der Waals surface area (Å²) in [4.78, 5) is 7.77. The summed E-state index contributed by atoms with van der Waals surface area (Å²) < 4.78 is 44.9. The van der Waals surface area contributed by atoms with Gasteiger partial charge in [-0.3, -0.25) is 4.98 Å². The fraction of sp³-hybridized carbons (Fsp3) is 0.417. The largest absolute Gasteiger partial charge is 0.404 e. The first-order valence-corrected chi connectivity index (χ1v) is 6.05. The van der Waals surface area contributed by atoms with Crippen LogP contribution in [0.25, 0.3) is 11.4 Å². The van der Waals surface area contributed by atoms with Gasteiger partial charge in [-0.1, -0.05) is 5.16 Å². The van der Waals surface area contributed by atoms with E-state index in [0.29, 0.717) is 5.56 Å². The second-order valence-electron chi connectivity index (χ2n) is 4.67. The monoisotopic (exact) mass is 284 g/mol. The molecule has 0 spiro atoms. The Hall–Kier alpha value is -1.96. The van der Waals surface area contributed by atoms with E-state index < -0.39 is 11.6 Å². The Morgan fingerprint density at radius 3 is 2.60 bits per heavy atom. The molecule has 0 amide bonds. The van der Waals surface area contributed by atoms with Crippen molar-refractivity contribution in [2.75, 3.05) is 13.1 Å². The molecule has 5 nitrogen and oxygen atoms in total. The van der Waals surface area contributed by atoms with Crippen LogP contribution in [0.4, 0.5) is 13.2 Å². The molecule has 3 rings (SSSR count). The van der Waals surface area contributed by atoms with Gasteiger partial charge in [-0.25, -0.2) is 0 Å². The van der Waals surface area contributed by atoms with E-state index in [9.17, 15) is 13.2 Å². The lowest BCUT2D eigenvalue weighted by molar-refractivity contribution is -0.191. The number of halogens is 3. The molecule has 0 aromatic carbocycles. The Labute approximate surface area is 112 Å². The van der Waals surface area contributed by atoms with E-state index in [1.165, 1.54) is 12.4 Å². The third-order valence-electron chi connectivity index (χ3n) is 3.47. The standard InChI is InChI=1S/C12H11F3N4O/c13-12(14,15)11(3-6-17-7-11)10-18-9(19-20-10)8-1-4-16-5-2-8/h1-2,4-5,17H,3,6-7H2. The maximum atomic E-state index is 13.3. The fourth-order valence-corrected chi connectivity index (χ4v) is 2.27. The third kappa shape index (κ3) is 1.96. The van der Waals surface area contributed by atoms with Crippen molar-refractivity contribution in [2.45, 2.75) is 18.0 Å². The molecule has 1 aliphatic rings. The smallest absolute Gasteiger partial charge is 0.338 e. The lowest BCUT2D eigenvalue weighted by Gasteiger charge is -2.26. The molecule has 0 radical (unpaired) electrons. The van der Waals surface area contributed by atoms with Crippen molar-refractivity contribution in [3.63, 3.8) is 0 Å². The van der Waals surface area contributed by atoms with Gasteiger partial charge in [0.25, 0.3) is 0 Å². The van der Waals surface area contributed by atoms with Gasteiger partial charge in [0.15, 0.2) is 5.41 Å². The van der Waals surface area contributed by atoms with E-state index in [1.807, 2.05) is 0 Å². The van der Waals surface area contributed by atoms with E-state index in [0.717, 1.165) is 0 Å². The number of hydrogen-bond acceptors (Lipinski definition) is 5. The van der Waals surface area contributed by atoms with Crippen LogP contribution in [0.1, 0.15) is 12.3 Å². The van der Waals surface area contributed by atoms with E-state index in [2.05, 4.69) is 20.4 Å². The molecular formula is C12H11F3N4O. The summed E-state index contributed by atoms with van der Waals surface area (Å²) >= 11 is 0. The molecule has 1 fully saturated rings. The maximum absolute atomic E-state index is 13.3. The van der Waals surface area contributed by atoms with Crippen molar-refractivity contribution in [3.05, 3.63) is 30.4 Å². The first-order chi connectivity index (χ1) is 9.53. The van der Waals surface area contributed by atoms with Gasteiger partial charge in [0.1, 0.15) is 0 Å². The van der Waals surface area contributed by atoms with Crippen LogP contribution in [0.15, 0.2) is 29.0 Å². The highest BCUT2D eigenvalue weighted by Crippen LogP contribution is 2.44. The zero-order valence-electron chi connectivity index (χ0n) is 10.3. The predicted octanol–water partition coefficient (Wildman–Crippen LogP) is 1.92. The Morgan fingerprint density at radius 2 is 2.00 bits per heavy atom. The first-order valence-electron chi connectivity index (χ1n) is 6.05. The van der Waals surface area contributed by atoms with E-state index in [1.54, 1.807) is 12.1 Å². The maximum Gasteiger partial charge on any atom is 0.404 e. The number of pyridine rings is 1. The van der Waals surface area contributed by atoms with Gasteiger partial charge in [-0.2, -0.15) is 18.2 Å².